The molecule has 0 unspecified atom stereocenters. The van der Waals surface area contributed by atoms with Crippen LogP contribution in [0.25, 0.3) is 10.9 Å². The molecule has 1 heterocycles. The Bertz CT molecular complexity index is 415. The van der Waals surface area contributed by atoms with Crippen molar-refractivity contribution in [2.45, 2.75) is 6.54 Å². The third kappa shape index (κ3) is 1.80. The first kappa shape index (κ1) is 9.28. The zero-order valence-electron chi connectivity index (χ0n) is 8.70. The van der Waals surface area contributed by atoms with Crippen molar-refractivity contribution in [3.05, 3.63) is 36.5 Å². The fraction of sp³-hybridized carbons (Fsp3) is 0.333. The molecule has 14 heavy (non-hydrogen) atoms. The van der Waals surface area contributed by atoms with E-state index in [1.807, 2.05) is 12.1 Å². The molecular weight excluding hydrogens is 172 g/mol. The van der Waals surface area contributed by atoms with Gasteiger partial charge < -0.3 is 9.47 Å². The standard InChI is InChI=1S/C12H15N2/c1-13(2)9-10-14-8-7-11-5-3-4-6-12(11)14/h3-4,6-8H,9-10H2,1-2H3. The molecule has 73 valence electrons. The van der Waals surface area contributed by atoms with Gasteiger partial charge in [-0.15, -0.1) is 0 Å². The molecule has 1 aromatic carbocycles. The quantitative estimate of drug-likeness (QED) is 0.713. The summed E-state index contributed by atoms with van der Waals surface area (Å²) in [4.78, 5) is 2.19. The molecule has 0 spiro atoms. The van der Waals surface area contributed by atoms with Crippen LogP contribution in [0.3, 0.4) is 0 Å². The highest BCUT2D eigenvalue weighted by molar-refractivity contribution is 5.79. The van der Waals surface area contributed by atoms with Gasteiger partial charge in [0.1, 0.15) is 0 Å². The molecule has 0 atom stereocenters. The fourth-order valence-corrected chi connectivity index (χ4v) is 1.57. The van der Waals surface area contributed by atoms with Gasteiger partial charge in [-0.05, 0) is 32.3 Å². The summed E-state index contributed by atoms with van der Waals surface area (Å²) in [5, 5.41) is 1.20. The van der Waals surface area contributed by atoms with E-state index in [4.69, 9.17) is 0 Å². The lowest BCUT2D eigenvalue weighted by molar-refractivity contribution is 0.387. The molecule has 0 aliphatic rings. The number of likely N-dealkylation sites (N-methyl/N-ethyl adjacent to an activating group) is 1. The molecule has 0 amide bonds. The van der Waals surface area contributed by atoms with Gasteiger partial charge in [-0.1, -0.05) is 12.1 Å². The van der Waals surface area contributed by atoms with E-state index in [0.29, 0.717) is 0 Å². The molecule has 1 aromatic heterocycles. The van der Waals surface area contributed by atoms with Crippen LogP contribution < -0.4 is 0 Å². The van der Waals surface area contributed by atoms with Crippen molar-refractivity contribution in [3.63, 3.8) is 0 Å². The molecule has 0 aliphatic carbocycles. The van der Waals surface area contributed by atoms with Crippen LogP contribution in [0, 0.1) is 6.07 Å². The van der Waals surface area contributed by atoms with Crippen LogP contribution in [0.2, 0.25) is 0 Å². The Balaban J connectivity index is 2.25. The Morgan fingerprint density at radius 3 is 3.00 bits per heavy atom. The lowest BCUT2D eigenvalue weighted by Crippen LogP contribution is -2.17. The monoisotopic (exact) mass is 187 g/mol. The van der Waals surface area contributed by atoms with Crippen molar-refractivity contribution in [2.75, 3.05) is 20.6 Å². The van der Waals surface area contributed by atoms with Gasteiger partial charge >= 0.3 is 0 Å². The zero-order valence-corrected chi connectivity index (χ0v) is 8.70. The molecule has 0 bridgehead atoms. The smallest absolute Gasteiger partial charge is 0.0487 e. The first-order valence-corrected chi connectivity index (χ1v) is 4.87. The summed E-state index contributed by atoms with van der Waals surface area (Å²) < 4.78 is 2.27. The van der Waals surface area contributed by atoms with Crippen LogP contribution in [0.5, 0.6) is 0 Å². The van der Waals surface area contributed by atoms with E-state index in [0.717, 1.165) is 13.1 Å². The van der Waals surface area contributed by atoms with Gasteiger partial charge in [0.2, 0.25) is 0 Å². The minimum atomic E-state index is 1.04. The maximum Gasteiger partial charge on any atom is 0.0487 e. The maximum absolute atomic E-state index is 3.22. The Labute approximate surface area is 84.8 Å². The average molecular weight is 187 g/mol. The zero-order chi connectivity index (χ0) is 9.97. The summed E-state index contributed by atoms with van der Waals surface area (Å²) in [6, 6.07) is 11.5. The summed E-state index contributed by atoms with van der Waals surface area (Å²) in [5.74, 6) is 0. The molecular formula is C12H15N2. The predicted molar refractivity (Wildman–Crippen MR) is 59.3 cm³/mol. The van der Waals surface area contributed by atoms with Crippen molar-refractivity contribution in [1.82, 2.24) is 9.47 Å². The van der Waals surface area contributed by atoms with Gasteiger partial charge in [-0.3, -0.25) is 0 Å². The number of hydrogen-bond acceptors (Lipinski definition) is 1. The molecule has 0 saturated carbocycles. The van der Waals surface area contributed by atoms with E-state index in [9.17, 15) is 0 Å². The highest BCUT2D eigenvalue weighted by atomic mass is 15.1. The van der Waals surface area contributed by atoms with E-state index in [1.165, 1.54) is 10.9 Å². The largest absolute Gasteiger partial charge is 0.346 e. The minimum Gasteiger partial charge on any atom is -0.346 e. The minimum absolute atomic E-state index is 1.04. The van der Waals surface area contributed by atoms with E-state index < -0.39 is 0 Å². The summed E-state index contributed by atoms with van der Waals surface area (Å²) in [6.07, 6.45) is 2.13. The first-order chi connectivity index (χ1) is 6.77. The van der Waals surface area contributed by atoms with Crippen molar-refractivity contribution in [3.8, 4) is 0 Å². The highest BCUT2D eigenvalue weighted by Crippen LogP contribution is 2.13. The fourth-order valence-electron chi connectivity index (χ4n) is 1.57. The summed E-state index contributed by atoms with van der Waals surface area (Å²) >= 11 is 0. The second-order valence-electron chi connectivity index (χ2n) is 3.78. The molecule has 0 aliphatic heterocycles. The lowest BCUT2D eigenvalue weighted by Gasteiger charge is -2.10. The van der Waals surface area contributed by atoms with Crippen LogP contribution in [-0.2, 0) is 6.54 Å². The Morgan fingerprint density at radius 1 is 1.36 bits per heavy atom. The van der Waals surface area contributed by atoms with E-state index in [1.54, 1.807) is 0 Å². The molecule has 0 saturated heterocycles. The Hall–Kier alpha value is -1.28. The highest BCUT2D eigenvalue weighted by Gasteiger charge is 1.99. The third-order valence-corrected chi connectivity index (χ3v) is 2.38. The first-order valence-electron chi connectivity index (χ1n) is 4.87. The van der Waals surface area contributed by atoms with Gasteiger partial charge in [-0.2, -0.15) is 0 Å². The number of fused-ring (bicyclic) bond motifs is 1. The van der Waals surface area contributed by atoms with Crippen LogP contribution in [-0.4, -0.2) is 30.1 Å². The molecule has 2 heteroatoms. The topological polar surface area (TPSA) is 8.17 Å². The van der Waals surface area contributed by atoms with Crippen LogP contribution >= 0.6 is 0 Å². The van der Waals surface area contributed by atoms with Crippen molar-refractivity contribution >= 4 is 10.9 Å². The van der Waals surface area contributed by atoms with Gasteiger partial charge in [0.25, 0.3) is 0 Å². The molecule has 2 aromatic rings. The number of benzene rings is 1. The average Bonchev–Trinajstić information content (AvgIpc) is 2.58. The van der Waals surface area contributed by atoms with Crippen LogP contribution in [0.4, 0.5) is 0 Å². The molecule has 2 rings (SSSR count). The molecule has 2 nitrogen and oxygen atoms in total. The van der Waals surface area contributed by atoms with Crippen molar-refractivity contribution < 1.29 is 0 Å². The van der Waals surface area contributed by atoms with Crippen molar-refractivity contribution in [2.24, 2.45) is 0 Å². The number of hydrogen-bond donors (Lipinski definition) is 0. The van der Waals surface area contributed by atoms with E-state index >= 15 is 0 Å². The van der Waals surface area contributed by atoms with Gasteiger partial charge in [0.15, 0.2) is 0 Å². The van der Waals surface area contributed by atoms with E-state index in [-0.39, 0.29) is 0 Å². The Morgan fingerprint density at radius 2 is 2.21 bits per heavy atom. The SMILES string of the molecule is CN(C)CCn1ccc2[c]cccc21. The van der Waals surface area contributed by atoms with Crippen molar-refractivity contribution in [1.29, 1.82) is 0 Å². The molecule has 1 radical (unpaired) electrons. The number of aromatic nitrogens is 1. The molecule has 0 N–H and O–H groups in total. The summed E-state index contributed by atoms with van der Waals surface area (Å²) in [7, 11) is 4.19. The second kappa shape index (κ2) is 3.84. The maximum atomic E-state index is 3.22. The summed E-state index contributed by atoms with van der Waals surface area (Å²) in [5.41, 5.74) is 1.27. The van der Waals surface area contributed by atoms with Crippen LogP contribution in [0.1, 0.15) is 0 Å². The lowest BCUT2D eigenvalue weighted by atomic mass is 10.2. The summed E-state index contributed by atoms with van der Waals surface area (Å²) in [6.45, 7) is 2.10. The molecule has 0 fully saturated rings. The number of nitrogens with zero attached hydrogens (tertiary/aromatic N) is 2. The van der Waals surface area contributed by atoms with Crippen LogP contribution in [0.15, 0.2) is 30.5 Å². The third-order valence-electron chi connectivity index (χ3n) is 2.38. The van der Waals surface area contributed by atoms with Gasteiger partial charge in [-0.25, -0.2) is 0 Å². The number of rotatable bonds is 3. The Kier molecular flexibility index (Phi) is 2.55. The predicted octanol–water partition coefficient (Wildman–Crippen LogP) is 2.00. The van der Waals surface area contributed by atoms with E-state index in [2.05, 4.69) is 48.0 Å². The van der Waals surface area contributed by atoms with Gasteiger partial charge in [0.05, 0.1) is 0 Å². The van der Waals surface area contributed by atoms with Gasteiger partial charge in [0, 0.05) is 30.2 Å². The normalized spacial score (nSPS) is 11.4. The second-order valence-corrected chi connectivity index (χ2v) is 3.78.